The number of carbonyl (C=O) groups is 1. The molecule has 2 unspecified atom stereocenters. The van der Waals surface area contributed by atoms with Crippen LogP contribution in [0.3, 0.4) is 0 Å². The minimum atomic E-state index is -1.70. The van der Waals surface area contributed by atoms with E-state index >= 15 is 0 Å². The van der Waals surface area contributed by atoms with Crippen LogP contribution in [0.4, 0.5) is 4.39 Å². The van der Waals surface area contributed by atoms with Gasteiger partial charge >= 0.3 is 5.97 Å². The van der Waals surface area contributed by atoms with Gasteiger partial charge in [0.2, 0.25) is 0 Å². The first-order valence-electron chi connectivity index (χ1n) is 6.95. The van der Waals surface area contributed by atoms with Crippen molar-refractivity contribution < 1.29 is 13.9 Å². The van der Waals surface area contributed by atoms with Gasteiger partial charge in [-0.15, -0.1) is 0 Å². The molecule has 5 nitrogen and oxygen atoms in total. The maximum absolute atomic E-state index is 13.1. The molecule has 8 heteroatoms. The molecule has 0 aliphatic heterocycles. The Bertz CT molecular complexity index is 702. The Labute approximate surface area is 141 Å². The van der Waals surface area contributed by atoms with E-state index in [-0.39, 0.29) is 18.8 Å². The Balaban J connectivity index is 1.51. The molecule has 3 rings (SSSR count). The van der Waals surface area contributed by atoms with E-state index in [4.69, 9.17) is 16.3 Å². The van der Waals surface area contributed by atoms with Crippen LogP contribution in [0.1, 0.15) is 6.42 Å². The number of aromatic nitrogens is 3. The number of halogens is 2. The normalized spacial score (nSPS) is 22.6. The van der Waals surface area contributed by atoms with Gasteiger partial charge in [-0.2, -0.15) is 0 Å². The molecule has 0 radical (unpaired) electrons. The fourth-order valence-corrected chi connectivity index (χ4v) is 2.75. The molecule has 0 bridgehead atoms. The number of pyridine rings is 1. The second-order valence-electron chi connectivity index (χ2n) is 5.07. The van der Waals surface area contributed by atoms with Gasteiger partial charge in [-0.3, -0.25) is 9.78 Å². The summed E-state index contributed by atoms with van der Waals surface area (Å²) in [5, 5.41) is -1.25. The van der Waals surface area contributed by atoms with Crippen molar-refractivity contribution in [1.82, 2.24) is 15.0 Å². The summed E-state index contributed by atoms with van der Waals surface area (Å²) in [4.78, 5) is 24.3. The summed E-state index contributed by atoms with van der Waals surface area (Å²) in [6.45, 7) is 0.00816. The summed E-state index contributed by atoms with van der Waals surface area (Å²) < 4.78 is 18.1. The molecular formula is C15H13ClFN3O2S. The summed E-state index contributed by atoms with van der Waals surface area (Å²) in [5.41, 5.74) is 1.41. The van der Waals surface area contributed by atoms with Gasteiger partial charge < -0.3 is 4.74 Å². The molecule has 2 heterocycles. The number of hydrogen-bond donors (Lipinski definition) is 0. The molecule has 1 saturated carbocycles. The van der Waals surface area contributed by atoms with Crippen LogP contribution >= 0.6 is 23.4 Å². The van der Waals surface area contributed by atoms with Crippen LogP contribution in [-0.2, 0) is 9.53 Å². The van der Waals surface area contributed by atoms with E-state index in [1.807, 2.05) is 18.2 Å². The van der Waals surface area contributed by atoms with Crippen LogP contribution in [0.15, 0.2) is 41.8 Å². The van der Waals surface area contributed by atoms with Gasteiger partial charge in [-0.1, -0.05) is 29.4 Å². The number of esters is 1. The average molecular weight is 354 g/mol. The van der Waals surface area contributed by atoms with Crippen molar-refractivity contribution in [3.05, 3.63) is 36.7 Å². The molecule has 0 amide bonds. The molecule has 120 valence electrons. The third kappa shape index (κ3) is 4.39. The van der Waals surface area contributed by atoms with E-state index in [1.54, 1.807) is 18.5 Å². The van der Waals surface area contributed by atoms with Crippen molar-refractivity contribution >= 4 is 29.3 Å². The van der Waals surface area contributed by atoms with Crippen LogP contribution < -0.4 is 0 Å². The monoisotopic (exact) mass is 353 g/mol. The summed E-state index contributed by atoms with van der Waals surface area (Å²) in [6.07, 6.45) is 3.52. The standard InChI is InChI=1S/C15H13ClFN3O2S/c16-15(17)7-10(15)8-22-13(21)9-23-14-19-6-4-12(20-14)11-3-1-2-5-18-11/h1-6,10H,7-9H2. The quantitative estimate of drug-likeness (QED) is 0.344. The first-order chi connectivity index (χ1) is 11.0. The first kappa shape index (κ1) is 16.1. The number of ether oxygens (including phenoxy) is 1. The maximum atomic E-state index is 13.1. The Morgan fingerprint density at radius 2 is 2.17 bits per heavy atom. The van der Waals surface area contributed by atoms with Crippen molar-refractivity contribution in [3.8, 4) is 11.4 Å². The zero-order chi connectivity index (χ0) is 16.3. The summed E-state index contributed by atoms with van der Waals surface area (Å²) in [6, 6.07) is 7.28. The van der Waals surface area contributed by atoms with Crippen molar-refractivity contribution in [2.75, 3.05) is 12.4 Å². The highest BCUT2D eigenvalue weighted by Gasteiger charge is 2.54. The van der Waals surface area contributed by atoms with Crippen LogP contribution in [0.5, 0.6) is 0 Å². The van der Waals surface area contributed by atoms with Gasteiger partial charge in [0.15, 0.2) is 10.3 Å². The third-order valence-electron chi connectivity index (χ3n) is 3.28. The van der Waals surface area contributed by atoms with E-state index in [2.05, 4.69) is 15.0 Å². The van der Waals surface area contributed by atoms with Gasteiger partial charge in [0.05, 0.1) is 23.7 Å². The number of hydrogen-bond acceptors (Lipinski definition) is 6. The molecule has 1 fully saturated rings. The Hall–Kier alpha value is -1.73. The fraction of sp³-hybridized carbons (Fsp3) is 0.333. The fourth-order valence-electron chi connectivity index (χ4n) is 1.88. The summed E-state index contributed by atoms with van der Waals surface area (Å²) in [7, 11) is 0. The first-order valence-corrected chi connectivity index (χ1v) is 8.32. The Morgan fingerprint density at radius 3 is 2.87 bits per heavy atom. The van der Waals surface area contributed by atoms with E-state index in [0.29, 0.717) is 10.9 Å². The molecule has 0 N–H and O–H groups in total. The highest BCUT2D eigenvalue weighted by Crippen LogP contribution is 2.50. The van der Waals surface area contributed by atoms with E-state index in [0.717, 1.165) is 17.5 Å². The van der Waals surface area contributed by atoms with Crippen molar-refractivity contribution in [1.29, 1.82) is 0 Å². The number of thioether (sulfide) groups is 1. The van der Waals surface area contributed by atoms with Gasteiger partial charge in [-0.25, -0.2) is 14.4 Å². The highest BCUT2D eigenvalue weighted by atomic mass is 35.5. The van der Waals surface area contributed by atoms with Crippen molar-refractivity contribution in [2.45, 2.75) is 16.7 Å². The number of carbonyl (C=O) groups excluding carboxylic acids is 1. The molecule has 0 spiro atoms. The van der Waals surface area contributed by atoms with Gasteiger partial charge in [0, 0.05) is 24.7 Å². The molecule has 1 aliphatic rings. The van der Waals surface area contributed by atoms with Gasteiger partial charge in [0.1, 0.15) is 0 Å². The minimum Gasteiger partial charge on any atom is -0.465 e. The second-order valence-corrected chi connectivity index (χ2v) is 6.64. The summed E-state index contributed by atoms with van der Waals surface area (Å²) >= 11 is 6.61. The minimum absolute atomic E-state index is 0.00816. The van der Waals surface area contributed by atoms with Crippen LogP contribution in [0.25, 0.3) is 11.4 Å². The number of rotatable bonds is 6. The lowest BCUT2D eigenvalue weighted by atomic mass is 10.3. The lowest BCUT2D eigenvalue weighted by Gasteiger charge is -2.05. The molecule has 0 aromatic carbocycles. The van der Waals surface area contributed by atoms with Crippen LogP contribution in [-0.4, -0.2) is 38.4 Å². The van der Waals surface area contributed by atoms with Crippen molar-refractivity contribution in [2.24, 2.45) is 5.92 Å². The molecular weight excluding hydrogens is 341 g/mol. The van der Waals surface area contributed by atoms with E-state index < -0.39 is 17.0 Å². The second kappa shape index (κ2) is 6.80. The number of alkyl halides is 2. The summed E-state index contributed by atoms with van der Waals surface area (Å²) in [5.74, 6) is -0.789. The topological polar surface area (TPSA) is 65.0 Å². The van der Waals surface area contributed by atoms with Gasteiger partial charge in [-0.05, 0) is 18.2 Å². The SMILES string of the molecule is O=C(CSc1nccc(-c2ccccn2)n1)OCC1CC1(F)Cl. The molecule has 0 saturated heterocycles. The van der Waals surface area contributed by atoms with E-state index in [1.165, 1.54) is 0 Å². The predicted octanol–water partition coefficient (Wildman–Crippen LogP) is 3.10. The highest BCUT2D eigenvalue weighted by molar-refractivity contribution is 7.99. The Kier molecular flexibility index (Phi) is 4.77. The molecule has 2 aromatic rings. The Morgan fingerprint density at radius 1 is 1.35 bits per heavy atom. The van der Waals surface area contributed by atoms with Crippen molar-refractivity contribution in [3.63, 3.8) is 0 Å². The number of nitrogens with zero attached hydrogens (tertiary/aromatic N) is 3. The zero-order valence-corrected chi connectivity index (χ0v) is 13.6. The lowest BCUT2D eigenvalue weighted by Crippen LogP contribution is -2.12. The zero-order valence-electron chi connectivity index (χ0n) is 12.0. The third-order valence-corrected chi connectivity index (χ3v) is 4.58. The largest absolute Gasteiger partial charge is 0.465 e. The van der Waals surface area contributed by atoms with E-state index in [9.17, 15) is 9.18 Å². The van der Waals surface area contributed by atoms with Gasteiger partial charge in [0.25, 0.3) is 0 Å². The predicted molar refractivity (Wildman–Crippen MR) is 84.7 cm³/mol. The lowest BCUT2D eigenvalue weighted by molar-refractivity contribution is -0.141. The smallest absolute Gasteiger partial charge is 0.316 e. The average Bonchev–Trinajstić information content (AvgIpc) is 3.19. The van der Waals surface area contributed by atoms with Crippen LogP contribution in [0, 0.1) is 5.92 Å². The molecule has 23 heavy (non-hydrogen) atoms. The molecule has 1 aliphatic carbocycles. The molecule has 2 aromatic heterocycles. The maximum Gasteiger partial charge on any atom is 0.316 e. The molecule has 2 atom stereocenters. The van der Waals surface area contributed by atoms with Crippen LogP contribution in [0.2, 0.25) is 0 Å².